The van der Waals surface area contributed by atoms with Crippen LogP contribution in [0.2, 0.25) is 0 Å². The molecule has 6 nitrogen and oxygen atoms in total. The first-order chi connectivity index (χ1) is 14.4. The van der Waals surface area contributed by atoms with E-state index in [2.05, 4.69) is 42.1 Å². The molecule has 162 valence electrons. The van der Waals surface area contributed by atoms with Crippen LogP contribution >= 0.6 is 11.8 Å². The third kappa shape index (κ3) is 5.32. The predicted molar refractivity (Wildman–Crippen MR) is 125 cm³/mol. The molecule has 0 radical (unpaired) electrons. The van der Waals surface area contributed by atoms with Gasteiger partial charge < -0.3 is 4.57 Å². The Morgan fingerprint density at radius 1 is 1.10 bits per heavy atom. The summed E-state index contributed by atoms with van der Waals surface area (Å²) >= 11 is 1.67. The molecule has 0 fully saturated rings. The van der Waals surface area contributed by atoms with Gasteiger partial charge in [0.1, 0.15) is 5.82 Å². The molecule has 0 bridgehead atoms. The number of hydrogen-bond donors (Lipinski definition) is 0. The van der Waals surface area contributed by atoms with Crippen molar-refractivity contribution in [3.63, 3.8) is 0 Å². The Bertz CT molecular complexity index is 1020. The van der Waals surface area contributed by atoms with Gasteiger partial charge in [0.15, 0.2) is 5.16 Å². The fourth-order valence-electron chi connectivity index (χ4n) is 3.82. The van der Waals surface area contributed by atoms with E-state index < -0.39 is 0 Å². The maximum atomic E-state index is 13.2. The van der Waals surface area contributed by atoms with E-state index >= 15 is 0 Å². The number of para-hydroxylation sites is 1. The van der Waals surface area contributed by atoms with Gasteiger partial charge in [0.25, 0.3) is 5.56 Å². The van der Waals surface area contributed by atoms with E-state index in [1.54, 1.807) is 11.8 Å². The predicted octanol–water partition coefficient (Wildman–Crippen LogP) is 4.20. The smallest absolute Gasteiger partial charge is 0.262 e. The lowest BCUT2D eigenvalue weighted by molar-refractivity contribution is 0.166. The van der Waals surface area contributed by atoms with Crippen LogP contribution in [0.25, 0.3) is 10.9 Å². The second kappa shape index (κ2) is 10.3. The largest absolute Gasteiger partial charge is 0.335 e. The van der Waals surface area contributed by atoms with Crippen LogP contribution in [0, 0.1) is 6.92 Å². The summed E-state index contributed by atoms with van der Waals surface area (Å²) in [6.07, 6.45) is 4.84. The minimum atomic E-state index is 0.0565. The van der Waals surface area contributed by atoms with Crippen LogP contribution in [-0.2, 0) is 13.1 Å². The Hall–Kier alpha value is -2.12. The van der Waals surface area contributed by atoms with Crippen molar-refractivity contribution in [3.05, 3.63) is 52.8 Å². The first-order valence-corrected chi connectivity index (χ1v) is 11.7. The second-order valence-electron chi connectivity index (χ2n) is 8.16. The van der Waals surface area contributed by atoms with Gasteiger partial charge in [-0.3, -0.25) is 14.3 Å². The molecule has 0 saturated heterocycles. The van der Waals surface area contributed by atoms with E-state index in [0.29, 0.717) is 24.0 Å². The molecule has 0 spiro atoms. The van der Waals surface area contributed by atoms with Gasteiger partial charge in [-0.05, 0) is 53.2 Å². The Balaban J connectivity index is 1.79. The lowest BCUT2D eigenvalue weighted by atomic mass is 10.2. The van der Waals surface area contributed by atoms with Crippen LogP contribution in [0.1, 0.15) is 39.9 Å². The molecule has 0 N–H and O–H groups in total. The second-order valence-corrected chi connectivity index (χ2v) is 9.23. The van der Waals surface area contributed by atoms with Crippen LogP contribution in [0.5, 0.6) is 0 Å². The number of aromatic nitrogens is 4. The summed E-state index contributed by atoms with van der Waals surface area (Å²) in [5.74, 6) is 1.93. The number of imidazole rings is 1. The summed E-state index contributed by atoms with van der Waals surface area (Å²) < 4.78 is 4.03. The van der Waals surface area contributed by atoms with Crippen molar-refractivity contribution in [3.8, 4) is 0 Å². The summed E-state index contributed by atoms with van der Waals surface area (Å²) in [6, 6.07) is 8.51. The van der Waals surface area contributed by atoms with Crippen molar-refractivity contribution < 1.29 is 0 Å². The number of rotatable bonds is 10. The van der Waals surface area contributed by atoms with Crippen molar-refractivity contribution >= 4 is 22.7 Å². The molecular formula is C23H33N5OS. The summed E-state index contributed by atoms with van der Waals surface area (Å²) in [5.41, 5.74) is 0.831. The molecule has 3 aromatic rings. The van der Waals surface area contributed by atoms with Gasteiger partial charge in [-0.2, -0.15) is 0 Å². The summed E-state index contributed by atoms with van der Waals surface area (Å²) in [4.78, 5) is 24.8. The van der Waals surface area contributed by atoms with Gasteiger partial charge >= 0.3 is 0 Å². The molecule has 2 heterocycles. The maximum absolute atomic E-state index is 13.2. The van der Waals surface area contributed by atoms with Crippen LogP contribution in [0.3, 0.4) is 0 Å². The molecule has 1 aromatic carbocycles. The zero-order valence-electron chi connectivity index (χ0n) is 18.7. The Labute approximate surface area is 183 Å². The average molecular weight is 428 g/mol. The number of thioether (sulfide) groups is 1. The van der Waals surface area contributed by atoms with E-state index in [4.69, 9.17) is 4.98 Å². The monoisotopic (exact) mass is 427 g/mol. The zero-order valence-corrected chi connectivity index (χ0v) is 19.5. The minimum absolute atomic E-state index is 0.0565. The van der Waals surface area contributed by atoms with Crippen molar-refractivity contribution in [2.24, 2.45) is 0 Å². The quantitative estimate of drug-likeness (QED) is 0.276. The van der Waals surface area contributed by atoms with Crippen LogP contribution < -0.4 is 5.56 Å². The number of benzene rings is 1. The fourth-order valence-corrected chi connectivity index (χ4v) is 4.77. The molecule has 2 aromatic heterocycles. The lowest BCUT2D eigenvalue weighted by Gasteiger charge is -2.30. The molecule has 0 aliphatic carbocycles. The van der Waals surface area contributed by atoms with Gasteiger partial charge in [0.05, 0.1) is 10.9 Å². The first-order valence-electron chi connectivity index (χ1n) is 10.7. The third-order valence-corrected chi connectivity index (χ3v) is 6.50. The number of nitrogens with zero attached hydrogens (tertiary/aromatic N) is 5. The van der Waals surface area contributed by atoms with E-state index in [1.165, 1.54) is 0 Å². The lowest BCUT2D eigenvalue weighted by Crippen LogP contribution is -2.40. The van der Waals surface area contributed by atoms with Crippen LogP contribution in [0.15, 0.2) is 46.6 Å². The Morgan fingerprint density at radius 2 is 1.83 bits per heavy atom. The molecule has 0 aliphatic heterocycles. The third-order valence-electron chi connectivity index (χ3n) is 5.43. The minimum Gasteiger partial charge on any atom is -0.335 e. The number of fused-ring (bicyclic) bond motifs is 1. The molecule has 0 atom stereocenters. The first kappa shape index (κ1) is 22.6. The maximum Gasteiger partial charge on any atom is 0.262 e. The highest BCUT2D eigenvalue weighted by Gasteiger charge is 2.16. The topological polar surface area (TPSA) is 56.0 Å². The van der Waals surface area contributed by atoms with Gasteiger partial charge in [0, 0.05) is 49.9 Å². The van der Waals surface area contributed by atoms with Crippen molar-refractivity contribution in [1.82, 2.24) is 24.0 Å². The van der Waals surface area contributed by atoms with Gasteiger partial charge in [-0.1, -0.05) is 23.9 Å². The Morgan fingerprint density at radius 3 is 2.50 bits per heavy atom. The molecule has 7 heteroatoms. The van der Waals surface area contributed by atoms with Crippen molar-refractivity contribution in [2.75, 3.05) is 12.3 Å². The normalized spacial score (nSPS) is 12.0. The molecular weight excluding hydrogens is 394 g/mol. The number of hydrogen-bond acceptors (Lipinski definition) is 5. The van der Waals surface area contributed by atoms with Crippen LogP contribution in [-0.4, -0.2) is 48.4 Å². The summed E-state index contributed by atoms with van der Waals surface area (Å²) in [5, 5.41) is 1.50. The van der Waals surface area contributed by atoms with Gasteiger partial charge in [0.2, 0.25) is 0 Å². The highest BCUT2D eigenvalue weighted by molar-refractivity contribution is 7.99. The van der Waals surface area contributed by atoms with Crippen molar-refractivity contribution in [1.29, 1.82) is 0 Å². The molecule has 3 rings (SSSR count). The Kier molecular flexibility index (Phi) is 7.72. The molecule has 0 aliphatic rings. The fraction of sp³-hybridized carbons (Fsp3) is 0.522. The highest BCUT2D eigenvalue weighted by atomic mass is 32.2. The SMILES string of the molecule is Cc1nccn1CCCSc1nc2ccccc2c(=O)n1CCN(C(C)C)C(C)C. The van der Waals surface area contributed by atoms with Crippen molar-refractivity contribution in [2.45, 2.75) is 71.4 Å². The highest BCUT2D eigenvalue weighted by Crippen LogP contribution is 2.19. The van der Waals surface area contributed by atoms with E-state index in [0.717, 1.165) is 41.8 Å². The standard InChI is InChI=1S/C23H33N5OS/c1-17(2)27(18(3)4)14-15-28-22(29)20-9-6-7-10-21(20)25-23(28)30-16-8-12-26-13-11-24-19(26)5/h6-7,9-11,13,17-18H,8,12,14-16H2,1-5H3. The van der Waals surface area contributed by atoms with Crippen LogP contribution in [0.4, 0.5) is 0 Å². The van der Waals surface area contributed by atoms with E-state index in [1.807, 2.05) is 48.1 Å². The summed E-state index contributed by atoms with van der Waals surface area (Å²) in [7, 11) is 0. The molecule has 0 unspecified atom stereocenters. The molecule has 0 amide bonds. The number of aryl methyl sites for hydroxylation is 2. The van der Waals surface area contributed by atoms with E-state index in [-0.39, 0.29) is 5.56 Å². The zero-order chi connectivity index (χ0) is 21.7. The van der Waals surface area contributed by atoms with Gasteiger partial charge in [-0.15, -0.1) is 0 Å². The average Bonchev–Trinajstić information content (AvgIpc) is 3.11. The molecule has 0 saturated carbocycles. The van der Waals surface area contributed by atoms with Gasteiger partial charge in [-0.25, -0.2) is 9.97 Å². The summed E-state index contributed by atoms with van der Waals surface area (Å²) in [6.45, 7) is 13.2. The van der Waals surface area contributed by atoms with E-state index in [9.17, 15) is 4.79 Å². The molecule has 30 heavy (non-hydrogen) atoms.